The quantitative estimate of drug-likeness (QED) is 0.519. The van der Waals surface area contributed by atoms with Gasteiger partial charge >= 0.3 is 0 Å². The minimum absolute atomic E-state index is 0.0518. The van der Waals surface area contributed by atoms with Crippen LogP contribution in [0.1, 0.15) is 29.9 Å². The Bertz CT molecular complexity index is 1140. The molecule has 1 saturated heterocycles. The summed E-state index contributed by atoms with van der Waals surface area (Å²) < 4.78 is 0. The minimum Gasteiger partial charge on any atom is -0.367 e. The zero-order valence-corrected chi connectivity index (χ0v) is 16.8. The number of aromatic nitrogens is 3. The first-order valence-electron chi connectivity index (χ1n) is 9.76. The fourth-order valence-corrected chi connectivity index (χ4v) is 3.82. The minimum atomic E-state index is -0.471. The lowest BCUT2D eigenvalue weighted by molar-refractivity contribution is -0.384. The molecule has 0 atom stereocenters. The molecule has 1 N–H and O–H groups in total. The zero-order valence-electron chi connectivity index (χ0n) is 16.8. The molecule has 9 nitrogen and oxygen atoms in total. The fourth-order valence-electron chi connectivity index (χ4n) is 3.82. The van der Waals surface area contributed by atoms with Gasteiger partial charge in [0.25, 0.3) is 5.69 Å². The highest BCUT2D eigenvalue weighted by Gasteiger charge is 2.21. The van der Waals surface area contributed by atoms with Gasteiger partial charge in [0.1, 0.15) is 17.5 Å². The third-order valence-electron chi connectivity index (χ3n) is 5.25. The van der Waals surface area contributed by atoms with Gasteiger partial charge < -0.3 is 10.2 Å². The maximum absolute atomic E-state index is 11.0. The largest absolute Gasteiger partial charge is 0.367 e. The van der Waals surface area contributed by atoms with Gasteiger partial charge in [0, 0.05) is 48.4 Å². The van der Waals surface area contributed by atoms with Crippen LogP contribution in [0.15, 0.2) is 30.3 Å². The monoisotopic (exact) mass is 403 g/mol. The zero-order chi connectivity index (χ0) is 21.3. The molecular formula is C21H21N7O2. The molecular weight excluding hydrogens is 382 g/mol. The molecule has 1 aliphatic rings. The first-order chi connectivity index (χ1) is 14.4. The number of pyridine rings is 1. The van der Waals surface area contributed by atoms with Crippen molar-refractivity contribution in [2.45, 2.75) is 32.7 Å². The summed E-state index contributed by atoms with van der Waals surface area (Å²) in [5.74, 6) is 2.34. The van der Waals surface area contributed by atoms with Crippen LogP contribution in [0, 0.1) is 35.3 Å². The summed E-state index contributed by atoms with van der Waals surface area (Å²) >= 11 is 0. The highest BCUT2D eigenvalue weighted by molar-refractivity contribution is 5.88. The van der Waals surface area contributed by atoms with Crippen molar-refractivity contribution in [3.05, 3.63) is 57.5 Å². The number of non-ortho nitro benzene ring substituents is 1. The Kier molecular flexibility index (Phi) is 5.14. The summed E-state index contributed by atoms with van der Waals surface area (Å²) in [5.41, 5.74) is 1.84. The normalized spacial score (nSPS) is 14.5. The van der Waals surface area contributed by atoms with Crippen LogP contribution in [0.4, 0.5) is 17.3 Å². The van der Waals surface area contributed by atoms with Crippen LogP contribution >= 0.6 is 0 Å². The van der Waals surface area contributed by atoms with Gasteiger partial charge in [0.2, 0.25) is 0 Å². The van der Waals surface area contributed by atoms with Gasteiger partial charge in [-0.15, -0.1) is 0 Å². The van der Waals surface area contributed by atoms with Gasteiger partial charge in [-0.25, -0.2) is 15.0 Å². The Balaban J connectivity index is 1.49. The van der Waals surface area contributed by atoms with Gasteiger partial charge in [-0.3, -0.25) is 10.1 Å². The molecule has 0 radical (unpaired) electrons. The van der Waals surface area contributed by atoms with Gasteiger partial charge in [-0.05, 0) is 38.8 Å². The van der Waals surface area contributed by atoms with E-state index in [0.717, 1.165) is 43.3 Å². The van der Waals surface area contributed by atoms with E-state index in [1.165, 1.54) is 12.1 Å². The highest BCUT2D eigenvalue weighted by Crippen LogP contribution is 2.26. The third-order valence-corrected chi connectivity index (χ3v) is 5.25. The summed E-state index contributed by atoms with van der Waals surface area (Å²) in [6.07, 6.45) is 1.81. The summed E-state index contributed by atoms with van der Waals surface area (Å²) in [5, 5.41) is 24.4. The molecule has 152 valence electrons. The van der Waals surface area contributed by atoms with Crippen LogP contribution in [0.5, 0.6) is 0 Å². The van der Waals surface area contributed by atoms with Crippen molar-refractivity contribution in [2.75, 3.05) is 23.3 Å². The number of nitriles is 1. The molecule has 1 aliphatic heterocycles. The molecule has 0 unspecified atom stereocenters. The maximum atomic E-state index is 11.0. The van der Waals surface area contributed by atoms with Crippen molar-refractivity contribution in [3.63, 3.8) is 0 Å². The molecule has 0 bridgehead atoms. The van der Waals surface area contributed by atoms with E-state index in [4.69, 9.17) is 0 Å². The van der Waals surface area contributed by atoms with Crippen LogP contribution in [0.25, 0.3) is 10.9 Å². The van der Waals surface area contributed by atoms with Crippen LogP contribution in [-0.2, 0) is 0 Å². The average Bonchev–Trinajstić information content (AvgIpc) is 2.72. The number of rotatable bonds is 4. The van der Waals surface area contributed by atoms with Crippen LogP contribution in [0.3, 0.4) is 0 Å². The smallest absolute Gasteiger partial charge is 0.270 e. The number of fused-ring (bicyclic) bond motifs is 1. The average molecular weight is 403 g/mol. The number of nitrogens with one attached hydrogen (secondary N) is 1. The number of aryl methyl sites for hydroxylation is 2. The lowest BCUT2D eigenvalue weighted by Gasteiger charge is -2.33. The molecule has 0 spiro atoms. The fraction of sp³-hybridized carbons (Fsp3) is 0.333. The SMILES string of the molecule is Cc1cc(N2CCC(Nc3cc(C#N)c4cc([N+](=O)[O-])ccc4n3)CC2)nc(C)n1. The maximum Gasteiger partial charge on any atom is 0.270 e. The van der Waals surface area contributed by atoms with Crippen LogP contribution in [-0.4, -0.2) is 39.0 Å². The molecule has 3 aromatic rings. The lowest BCUT2D eigenvalue weighted by Crippen LogP contribution is -2.39. The van der Waals surface area contributed by atoms with Crippen molar-refractivity contribution < 1.29 is 4.92 Å². The van der Waals surface area contributed by atoms with Crippen molar-refractivity contribution in [1.82, 2.24) is 15.0 Å². The van der Waals surface area contributed by atoms with E-state index in [1.807, 2.05) is 19.9 Å². The first-order valence-corrected chi connectivity index (χ1v) is 9.76. The van der Waals surface area contributed by atoms with Gasteiger partial charge in [0.15, 0.2) is 0 Å². The second-order valence-electron chi connectivity index (χ2n) is 7.45. The summed E-state index contributed by atoms with van der Waals surface area (Å²) in [6, 6.07) is 10.4. The Morgan fingerprint density at radius 3 is 2.60 bits per heavy atom. The van der Waals surface area contributed by atoms with Gasteiger partial charge in [0.05, 0.1) is 22.1 Å². The summed E-state index contributed by atoms with van der Waals surface area (Å²) in [4.78, 5) is 26.2. The topological polar surface area (TPSA) is 121 Å². The molecule has 1 aromatic carbocycles. The number of hydrogen-bond donors (Lipinski definition) is 1. The number of nitro groups is 1. The molecule has 30 heavy (non-hydrogen) atoms. The Labute approximate surface area is 173 Å². The molecule has 0 saturated carbocycles. The standard InChI is InChI=1S/C21H21N7O2/c1-13-9-21(24-14(2)23-13)27-7-5-16(6-8-27)25-20-10-15(12-22)18-11-17(28(29)30)3-4-19(18)26-20/h3-4,9-11,16H,5-8H2,1-2H3,(H,25,26). The van der Waals surface area contributed by atoms with Crippen molar-refractivity contribution in [1.29, 1.82) is 5.26 Å². The molecule has 4 rings (SSSR count). The van der Waals surface area contributed by atoms with Crippen molar-refractivity contribution in [2.24, 2.45) is 0 Å². The lowest BCUT2D eigenvalue weighted by atomic mass is 10.0. The second-order valence-corrected chi connectivity index (χ2v) is 7.45. The van der Waals surface area contributed by atoms with E-state index in [-0.39, 0.29) is 11.7 Å². The second kappa shape index (κ2) is 7.91. The Morgan fingerprint density at radius 2 is 1.93 bits per heavy atom. The van der Waals surface area contributed by atoms with E-state index in [9.17, 15) is 15.4 Å². The number of piperidine rings is 1. The van der Waals surface area contributed by atoms with E-state index < -0.39 is 4.92 Å². The number of anilines is 2. The first kappa shape index (κ1) is 19.5. The third kappa shape index (κ3) is 3.98. The van der Waals surface area contributed by atoms with E-state index in [0.29, 0.717) is 22.3 Å². The number of nitrogens with zero attached hydrogens (tertiary/aromatic N) is 6. The van der Waals surface area contributed by atoms with Crippen molar-refractivity contribution >= 4 is 28.2 Å². The van der Waals surface area contributed by atoms with Gasteiger partial charge in [-0.2, -0.15) is 5.26 Å². The van der Waals surface area contributed by atoms with Gasteiger partial charge in [-0.1, -0.05) is 0 Å². The van der Waals surface area contributed by atoms with E-state index in [1.54, 1.807) is 12.1 Å². The predicted octanol–water partition coefficient (Wildman–Crippen LogP) is 3.50. The number of hydrogen-bond acceptors (Lipinski definition) is 8. The molecule has 1 fully saturated rings. The molecule has 0 aliphatic carbocycles. The Morgan fingerprint density at radius 1 is 1.17 bits per heavy atom. The molecule has 9 heteroatoms. The molecule has 3 heterocycles. The predicted molar refractivity (Wildman–Crippen MR) is 113 cm³/mol. The molecule has 2 aromatic heterocycles. The van der Waals surface area contributed by atoms with E-state index in [2.05, 4.69) is 31.2 Å². The summed E-state index contributed by atoms with van der Waals surface area (Å²) in [7, 11) is 0. The summed E-state index contributed by atoms with van der Waals surface area (Å²) in [6.45, 7) is 5.59. The van der Waals surface area contributed by atoms with E-state index >= 15 is 0 Å². The Hall–Kier alpha value is -3.80. The number of nitro benzene ring substituents is 1. The van der Waals surface area contributed by atoms with Crippen molar-refractivity contribution in [3.8, 4) is 6.07 Å². The number of benzene rings is 1. The van der Waals surface area contributed by atoms with Crippen LogP contribution in [0.2, 0.25) is 0 Å². The highest BCUT2D eigenvalue weighted by atomic mass is 16.6. The van der Waals surface area contributed by atoms with Crippen LogP contribution < -0.4 is 10.2 Å². The molecule has 0 amide bonds.